The molecule has 0 atom stereocenters. The molecule has 0 amide bonds. The van der Waals surface area contributed by atoms with E-state index in [4.69, 9.17) is 0 Å². The molecule has 1 saturated heterocycles. The molecule has 0 spiro atoms. The van der Waals surface area contributed by atoms with Crippen LogP contribution in [0.4, 0.5) is 0 Å². The summed E-state index contributed by atoms with van der Waals surface area (Å²) in [6.07, 6.45) is 13.2. The van der Waals surface area contributed by atoms with Crippen LogP contribution in [0.5, 0.6) is 0 Å². The Bertz CT molecular complexity index is 745. The predicted molar refractivity (Wildman–Crippen MR) is 95.1 cm³/mol. The molecular formula is C19H25N5O. The maximum absolute atomic E-state index is 11.8. The van der Waals surface area contributed by atoms with E-state index in [1.54, 1.807) is 17.1 Å². The molecule has 2 aliphatic rings. The van der Waals surface area contributed by atoms with E-state index in [9.17, 15) is 4.79 Å². The van der Waals surface area contributed by atoms with Crippen molar-refractivity contribution in [2.45, 2.75) is 51.1 Å². The molecule has 4 rings (SSSR count). The summed E-state index contributed by atoms with van der Waals surface area (Å²) in [7, 11) is 0. The predicted octanol–water partition coefficient (Wildman–Crippen LogP) is 2.21. The first kappa shape index (κ1) is 16.4. The highest BCUT2D eigenvalue weighted by atomic mass is 16.1. The molecule has 0 unspecified atom stereocenters. The van der Waals surface area contributed by atoms with Gasteiger partial charge < -0.3 is 0 Å². The Hall–Kier alpha value is -2.08. The third-order valence-corrected chi connectivity index (χ3v) is 5.56. The van der Waals surface area contributed by atoms with Crippen LogP contribution in [-0.2, 0) is 13.1 Å². The summed E-state index contributed by atoms with van der Waals surface area (Å²) >= 11 is 0. The fourth-order valence-corrected chi connectivity index (χ4v) is 3.70. The average molecular weight is 339 g/mol. The molecule has 0 bridgehead atoms. The molecule has 0 aromatic carbocycles. The second-order valence-electron chi connectivity index (χ2n) is 7.37. The van der Waals surface area contributed by atoms with Gasteiger partial charge in [-0.15, -0.1) is 0 Å². The molecule has 132 valence electrons. The molecule has 6 nitrogen and oxygen atoms in total. The molecule has 1 aliphatic heterocycles. The Labute approximate surface area is 148 Å². The fraction of sp³-hybridized carbons (Fsp3) is 0.579. The third-order valence-electron chi connectivity index (χ3n) is 5.56. The van der Waals surface area contributed by atoms with Gasteiger partial charge in [-0.2, -0.15) is 0 Å². The monoisotopic (exact) mass is 339 g/mol. The summed E-state index contributed by atoms with van der Waals surface area (Å²) in [6, 6.07) is 1.53. The zero-order valence-electron chi connectivity index (χ0n) is 14.5. The molecule has 0 N–H and O–H groups in total. The summed E-state index contributed by atoms with van der Waals surface area (Å²) in [5, 5.41) is 0. The van der Waals surface area contributed by atoms with Crippen LogP contribution < -0.4 is 5.56 Å². The molecule has 6 heteroatoms. The van der Waals surface area contributed by atoms with Gasteiger partial charge in [-0.1, -0.05) is 6.42 Å². The lowest BCUT2D eigenvalue weighted by Crippen LogP contribution is -2.36. The minimum absolute atomic E-state index is 0.0427. The molecule has 2 fully saturated rings. The van der Waals surface area contributed by atoms with Gasteiger partial charge in [0.05, 0.1) is 6.33 Å². The van der Waals surface area contributed by atoms with Gasteiger partial charge in [0.15, 0.2) is 0 Å². The number of piperidine rings is 1. The SMILES string of the molecule is O=c1ccncn1CC1CCN(Cc2cnc(C3CCC3)nc2)CC1. The van der Waals surface area contributed by atoms with Crippen LogP contribution in [0.15, 0.2) is 35.8 Å². The maximum atomic E-state index is 11.8. The lowest BCUT2D eigenvalue weighted by atomic mass is 9.85. The first-order valence-corrected chi connectivity index (χ1v) is 9.31. The summed E-state index contributed by atoms with van der Waals surface area (Å²) in [4.78, 5) is 27.4. The lowest BCUT2D eigenvalue weighted by molar-refractivity contribution is 0.166. The molecular weight excluding hydrogens is 314 g/mol. The molecule has 2 aromatic rings. The van der Waals surface area contributed by atoms with Crippen LogP contribution >= 0.6 is 0 Å². The van der Waals surface area contributed by atoms with Crippen molar-refractivity contribution < 1.29 is 0 Å². The van der Waals surface area contributed by atoms with Gasteiger partial charge in [0.25, 0.3) is 5.56 Å². The second kappa shape index (κ2) is 7.44. The van der Waals surface area contributed by atoms with E-state index in [0.717, 1.165) is 44.8 Å². The highest BCUT2D eigenvalue weighted by molar-refractivity contribution is 5.09. The van der Waals surface area contributed by atoms with Crippen molar-refractivity contribution in [3.8, 4) is 0 Å². The van der Waals surface area contributed by atoms with Crippen molar-refractivity contribution in [2.24, 2.45) is 5.92 Å². The highest BCUT2D eigenvalue weighted by Gasteiger charge is 2.23. The van der Waals surface area contributed by atoms with Crippen LogP contribution in [0, 0.1) is 5.92 Å². The van der Waals surface area contributed by atoms with Gasteiger partial charge in [-0.25, -0.2) is 15.0 Å². The van der Waals surface area contributed by atoms with Crippen molar-refractivity contribution in [3.05, 3.63) is 52.7 Å². The standard InChI is InChI=1S/C19H25N5O/c25-18-4-7-20-14-24(18)13-15-5-8-23(9-6-15)12-16-10-21-19(22-11-16)17-2-1-3-17/h4,7,10-11,14-15,17H,1-3,5-6,8-9,12-13H2. The van der Waals surface area contributed by atoms with E-state index in [2.05, 4.69) is 19.9 Å². The molecule has 2 aromatic heterocycles. The fourth-order valence-electron chi connectivity index (χ4n) is 3.70. The Kier molecular flexibility index (Phi) is 4.88. The number of likely N-dealkylation sites (tertiary alicyclic amines) is 1. The number of aromatic nitrogens is 4. The van der Waals surface area contributed by atoms with Gasteiger partial charge in [0.2, 0.25) is 0 Å². The number of nitrogens with zero attached hydrogens (tertiary/aromatic N) is 5. The number of hydrogen-bond donors (Lipinski definition) is 0. The van der Waals surface area contributed by atoms with Gasteiger partial charge in [-0.3, -0.25) is 14.3 Å². The van der Waals surface area contributed by atoms with Crippen LogP contribution in [0.1, 0.15) is 49.4 Å². The largest absolute Gasteiger partial charge is 0.299 e. The van der Waals surface area contributed by atoms with Crippen LogP contribution in [-0.4, -0.2) is 37.5 Å². The average Bonchev–Trinajstić information content (AvgIpc) is 2.59. The normalized spacial score (nSPS) is 19.7. The van der Waals surface area contributed by atoms with Crippen molar-refractivity contribution in [2.75, 3.05) is 13.1 Å². The first-order valence-electron chi connectivity index (χ1n) is 9.31. The first-order chi connectivity index (χ1) is 12.3. The van der Waals surface area contributed by atoms with E-state index >= 15 is 0 Å². The summed E-state index contributed by atoms with van der Waals surface area (Å²) in [5.41, 5.74) is 1.24. The van der Waals surface area contributed by atoms with E-state index in [0.29, 0.717) is 11.8 Å². The van der Waals surface area contributed by atoms with E-state index in [1.165, 1.54) is 30.9 Å². The zero-order chi connectivity index (χ0) is 17.1. The Morgan fingerprint density at radius 3 is 2.48 bits per heavy atom. The maximum Gasteiger partial charge on any atom is 0.253 e. The Morgan fingerprint density at radius 1 is 1.08 bits per heavy atom. The Morgan fingerprint density at radius 2 is 1.84 bits per heavy atom. The van der Waals surface area contributed by atoms with Gasteiger partial charge in [0, 0.05) is 49.2 Å². The van der Waals surface area contributed by atoms with Crippen molar-refractivity contribution in [1.82, 2.24) is 24.4 Å². The van der Waals surface area contributed by atoms with E-state index < -0.39 is 0 Å². The van der Waals surface area contributed by atoms with Gasteiger partial charge in [-0.05, 0) is 44.7 Å². The van der Waals surface area contributed by atoms with Crippen molar-refractivity contribution in [3.63, 3.8) is 0 Å². The summed E-state index contributed by atoms with van der Waals surface area (Å²) in [6.45, 7) is 3.82. The van der Waals surface area contributed by atoms with Crippen molar-refractivity contribution in [1.29, 1.82) is 0 Å². The molecule has 3 heterocycles. The number of rotatable bonds is 5. The zero-order valence-corrected chi connectivity index (χ0v) is 14.5. The third kappa shape index (κ3) is 3.95. The van der Waals surface area contributed by atoms with Crippen LogP contribution in [0.2, 0.25) is 0 Å². The highest BCUT2D eigenvalue weighted by Crippen LogP contribution is 2.33. The van der Waals surface area contributed by atoms with E-state index in [-0.39, 0.29) is 5.56 Å². The lowest BCUT2D eigenvalue weighted by Gasteiger charge is -2.32. The minimum atomic E-state index is 0.0427. The molecule has 25 heavy (non-hydrogen) atoms. The van der Waals surface area contributed by atoms with Gasteiger partial charge in [0.1, 0.15) is 5.82 Å². The molecule has 1 aliphatic carbocycles. The van der Waals surface area contributed by atoms with Gasteiger partial charge >= 0.3 is 0 Å². The topological polar surface area (TPSA) is 63.9 Å². The second-order valence-corrected chi connectivity index (χ2v) is 7.37. The Balaban J connectivity index is 1.27. The van der Waals surface area contributed by atoms with Crippen molar-refractivity contribution >= 4 is 0 Å². The minimum Gasteiger partial charge on any atom is -0.299 e. The van der Waals surface area contributed by atoms with Crippen LogP contribution in [0.3, 0.4) is 0 Å². The number of hydrogen-bond acceptors (Lipinski definition) is 5. The molecule has 0 radical (unpaired) electrons. The summed E-state index contributed by atoms with van der Waals surface area (Å²) in [5.74, 6) is 2.17. The summed E-state index contributed by atoms with van der Waals surface area (Å²) < 4.78 is 1.73. The molecule has 1 saturated carbocycles. The van der Waals surface area contributed by atoms with E-state index in [1.807, 2.05) is 12.4 Å². The van der Waals surface area contributed by atoms with Crippen LogP contribution in [0.25, 0.3) is 0 Å². The quantitative estimate of drug-likeness (QED) is 0.836. The smallest absolute Gasteiger partial charge is 0.253 e.